The van der Waals surface area contributed by atoms with E-state index in [2.05, 4.69) is 5.32 Å². The summed E-state index contributed by atoms with van der Waals surface area (Å²) in [6, 6.07) is 21.4. The van der Waals surface area contributed by atoms with Gasteiger partial charge in [-0.2, -0.15) is 0 Å². The van der Waals surface area contributed by atoms with E-state index in [1.807, 2.05) is 45.0 Å². The normalized spacial score (nSPS) is 11.9. The summed E-state index contributed by atoms with van der Waals surface area (Å²) in [6.07, 6.45) is 1.13. The first-order valence-corrected chi connectivity index (χ1v) is 14.5. The fraction of sp³-hybridized carbons (Fsp3) is 0.333. The molecule has 0 aliphatic carbocycles. The number of nitrogens with zero attached hydrogens (tertiary/aromatic N) is 2. The fourth-order valence-electron chi connectivity index (χ4n) is 4.25. The van der Waals surface area contributed by atoms with Crippen LogP contribution in [0.3, 0.4) is 0 Å². The molecule has 9 heteroatoms. The van der Waals surface area contributed by atoms with Gasteiger partial charge in [0.2, 0.25) is 11.8 Å². The molecule has 0 aliphatic rings. The third-order valence-electron chi connectivity index (χ3n) is 6.51. The van der Waals surface area contributed by atoms with E-state index in [4.69, 9.17) is 4.74 Å². The quantitative estimate of drug-likeness (QED) is 0.337. The van der Waals surface area contributed by atoms with Crippen LogP contribution < -0.4 is 14.4 Å². The Morgan fingerprint density at radius 3 is 2.15 bits per heavy atom. The van der Waals surface area contributed by atoms with Crippen molar-refractivity contribution in [1.29, 1.82) is 0 Å². The molecule has 0 saturated heterocycles. The topological polar surface area (TPSA) is 96.0 Å². The van der Waals surface area contributed by atoms with Gasteiger partial charge in [-0.3, -0.25) is 13.9 Å². The zero-order valence-corrected chi connectivity index (χ0v) is 23.8. The highest BCUT2D eigenvalue weighted by Crippen LogP contribution is 2.27. The van der Waals surface area contributed by atoms with E-state index < -0.39 is 28.5 Å². The minimum absolute atomic E-state index is 0.0619. The molecular weight excluding hydrogens is 514 g/mol. The molecule has 208 valence electrons. The second kappa shape index (κ2) is 13.8. The standard InChI is InChI=1S/C30H37N3O5S/c1-5-20-31-30(35)28(6-2)32(21-24-13-11-10-12-23(24)3)29(34)22-33(25-16-18-26(38-4)19-17-25)39(36,37)27-14-8-7-9-15-27/h7-19,28H,5-6,20-22H2,1-4H3,(H,31,35)/t28-/m1/s1. The molecule has 0 aliphatic heterocycles. The molecule has 0 heterocycles. The molecule has 3 rings (SSSR count). The van der Waals surface area contributed by atoms with Gasteiger partial charge in [-0.25, -0.2) is 8.42 Å². The number of hydrogen-bond acceptors (Lipinski definition) is 5. The van der Waals surface area contributed by atoms with E-state index in [1.165, 1.54) is 24.1 Å². The predicted octanol–water partition coefficient (Wildman–Crippen LogP) is 4.53. The fourth-order valence-corrected chi connectivity index (χ4v) is 5.69. The molecule has 0 spiro atoms. The number of carbonyl (C=O) groups excluding carboxylic acids is 2. The van der Waals surface area contributed by atoms with Crippen molar-refractivity contribution >= 4 is 27.5 Å². The van der Waals surface area contributed by atoms with E-state index in [0.29, 0.717) is 24.4 Å². The molecular formula is C30H37N3O5S. The van der Waals surface area contributed by atoms with E-state index in [9.17, 15) is 18.0 Å². The third-order valence-corrected chi connectivity index (χ3v) is 8.30. The van der Waals surface area contributed by atoms with Crippen LogP contribution in [-0.4, -0.2) is 51.4 Å². The molecule has 1 N–H and O–H groups in total. The van der Waals surface area contributed by atoms with Crippen molar-refractivity contribution in [3.63, 3.8) is 0 Å². The molecule has 3 aromatic rings. The zero-order valence-electron chi connectivity index (χ0n) is 23.0. The average molecular weight is 552 g/mol. The molecule has 39 heavy (non-hydrogen) atoms. The molecule has 0 aromatic heterocycles. The first-order chi connectivity index (χ1) is 18.7. The Morgan fingerprint density at radius 1 is 0.923 bits per heavy atom. The van der Waals surface area contributed by atoms with Gasteiger partial charge in [0, 0.05) is 13.1 Å². The van der Waals surface area contributed by atoms with Gasteiger partial charge in [0.1, 0.15) is 18.3 Å². The Morgan fingerprint density at radius 2 is 1.56 bits per heavy atom. The highest BCUT2D eigenvalue weighted by atomic mass is 32.2. The molecule has 0 radical (unpaired) electrons. The van der Waals surface area contributed by atoms with Gasteiger partial charge in [0.05, 0.1) is 17.7 Å². The van der Waals surface area contributed by atoms with Crippen molar-refractivity contribution < 1.29 is 22.7 Å². The van der Waals surface area contributed by atoms with Crippen LogP contribution in [0, 0.1) is 6.92 Å². The summed E-state index contributed by atoms with van der Waals surface area (Å²) in [5.41, 5.74) is 2.17. The van der Waals surface area contributed by atoms with E-state index in [-0.39, 0.29) is 17.3 Å². The number of carbonyl (C=O) groups is 2. The number of anilines is 1. The summed E-state index contributed by atoms with van der Waals surface area (Å²) >= 11 is 0. The largest absolute Gasteiger partial charge is 0.497 e. The number of methoxy groups -OCH3 is 1. The van der Waals surface area contributed by atoms with E-state index in [1.54, 1.807) is 42.5 Å². The molecule has 0 fully saturated rings. The smallest absolute Gasteiger partial charge is 0.264 e. The number of sulfonamides is 1. The first-order valence-electron chi connectivity index (χ1n) is 13.1. The lowest BCUT2D eigenvalue weighted by atomic mass is 10.1. The highest BCUT2D eigenvalue weighted by Gasteiger charge is 2.33. The second-order valence-electron chi connectivity index (χ2n) is 9.19. The summed E-state index contributed by atoms with van der Waals surface area (Å²) in [5, 5.41) is 2.89. The van der Waals surface area contributed by atoms with Gasteiger partial charge in [0.15, 0.2) is 0 Å². The lowest BCUT2D eigenvalue weighted by molar-refractivity contribution is -0.140. The van der Waals surface area contributed by atoms with Gasteiger partial charge in [-0.1, -0.05) is 56.3 Å². The van der Waals surface area contributed by atoms with Crippen LogP contribution in [0.25, 0.3) is 0 Å². The summed E-state index contributed by atoms with van der Waals surface area (Å²) in [7, 11) is -2.58. The monoisotopic (exact) mass is 551 g/mol. The minimum Gasteiger partial charge on any atom is -0.497 e. The maximum absolute atomic E-state index is 14.0. The Bertz CT molecular complexity index is 1340. The van der Waals surface area contributed by atoms with Crippen LogP contribution in [0.1, 0.15) is 37.8 Å². The predicted molar refractivity (Wildman–Crippen MR) is 153 cm³/mol. The number of amides is 2. The van der Waals surface area contributed by atoms with Gasteiger partial charge in [-0.05, 0) is 67.3 Å². The maximum Gasteiger partial charge on any atom is 0.264 e. The van der Waals surface area contributed by atoms with E-state index >= 15 is 0 Å². The van der Waals surface area contributed by atoms with Crippen LogP contribution in [0.15, 0.2) is 83.8 Å². The van der Waals surface area contributed by atoms with Crippen LogP contribution in [0.2, 0.25) is 0 Å². The van der Waals surface area contributed by atoms with Gasteiger partial charge >= 0.3 is 0 Å². The Kier molecular flexibility index (Phi) is 10.5. The van der Waals surface area contributed by atoms with Crippen molar-refractivity contribution in [2.24, 2.45) is 0 Å². The highest BCUT2D eigenvalue weighted by molar-refractivity contribution is 7.92. The summed E-state index contributed by atoms with van der Waals surface area (Å²) in [5.74, 6) is -0.183. The molecule has 0 bridgehead atoms. The molecule has 8 nitrogen and oxygen atoms in total. The molecule has 2 amide bonds. The Labute approximate surface area is 231 Å². The van der Waals surface area contributed by atoms with Gasteiger partial charge < -0.3 is 15.0 Å². The number of ether oxygens (including phenoxy) is 1. The summed E-state index contributed by atoms with van der Waals surface area (Å²) < 4.78 is 34.0. The van der Waals surface area contributed by atoms with Crippen molar-refractivity contribution in [3.8, 4) is 5.75 Å². The van der Waals surface area contributed by atoms with Crippen molar-refractivity contribution in [2.45, 2.75) is 51.1 Å². The van der Waals surface area contributed by atoms with Crippen LogP contribution in [0.5, 0.6) is 5.75 Å². The van der Waals surface area contributed by atoms with Crippen molar-refractivity contribution in [2.75, 3.05) is 24.5 Å². The number of nitrogens with one attached hydrogen (secondary N) is 1. The lowest BCUT2D eigenvalue weighted by Crippen LogP contribution is -2.52. The molecule has 0 unspecified atom stereocenters. The van der Waals surface area contributed by atoms with Crippen LogP contribution >= 0.6 is 0 Å². The summed E-state index contributed by atoms with van der Waals surface area (Å²) in [4.78, 5) is 28.7. The van der Waals surface area contributed by atoms with Crippen LogP contribution in [-0.2, 0) is 26.2 Å². The third kappa shape index (κ3) is 7.38. The van der Waals surface area contributed by atoms with Gasteiger partial charge in [0.25, 0.3) is 10.0 Å². The number of hydrogen-bond donors (Lipinski definition) is 1. The van der Waals surface area contributed by atoms with Crippen molar-refractivity contribution in [3.05, 3.63) is 90.0 Å². The Hall–Kier alpha value is -3.85. The van der Waals surface area contributed by atoms with E-state index in [0.717, 1.165) is 21.9 Å². The summed E-state index contributed by atoms with van der Waals surface area (Å²) in [6.45, 7) is 5.93. The minimum atomic E-state index is -4.11. The number of aryl methyl sites for hydroxylation is 1. The number of benzene rings is 3. The van der Waals surface area contributed by atoms with Gasteiger partial charge in [-0.15, -0.1) is 0 Å². The SMILES string of the molecule is CCCNC(=O)[C@@H](CC)N(Cc1ccccc1C)C(=O)CN(c1ccc(OC)cc1)S(=O)(=O)c1ccccc1. The lowest BCUT2D eigenvalue weighted by Gasteiger charge is -2.33. The second-order valence-corrected chi connectivity index (χ2v) is 11.0. The number of rotatable bonds is 13. The zero-order chi connectivity index (χ0) is 28.4. The Balaban J connectivity index is 2.05. The molecule has 0 saturated carbocycles. The van der Waals surface area contributed by atoms with Crippen molar-refractivity contribution in [1.82, 2.24) is 10.2 Å². The van der Waals surface area contributed by atoms with Crippen LogP contribution in [0.4, 0.5) is 5.69 Å². The average Bonchev–Trinajstić information content (AvgIpc) is 2.96. The maximum atomic E-state index is 14.0. The molecule has 3 aromatic carbocycles. The molecule has 1 atom stereocenters. The first kappa shape index (κ1) is 29.7.